The normalized spacial score (nSPS) is 18.8. The largest absolute Gasteiger partial charge is 0.328 e. The Bertz CT molecular complexity index is 890. The van der Waals surface area contributed by atoms with Crippen molar-refractivity contribution in [3.8, 4) is 11.1 Å². The van der Waals surface area contributed by atoms with Crippen LogP contribution in [0.3, 0.4) is 0 Å². The van der Waals surface area contributed by atoms with Crippen LogP contribution in [0.25, 0.3) is 22.2 Å². The third kappa shape index (κ3) is 1.93. The molecule has 0 radical (unpaired) electrons. The summed E-state index contributed by atoms with van der Waals surface area (Å²) in [7, 11) is 0. The predicted molar refractivity (Wildman–Crippen MR) is 88.8 cm³/mol. The molecule has 0 atom stereocenters. The van der Waals surface area contributed by atoms with Crippen molar-refractivity contribution in [1.29, 1.82) is 0 Å². The number of benzene rings is 1. The number of imidazole rings is 1. The van der Waals surface area contributed by atoms with E-state index in [1.807, 2.05) is 12.4 Å². The summed E-state index contributed by atoms with van der Waals surface area (Å²) in [6.45, 7) is 1.07. The zero-order chi connectivity index (χ0) is 15.4. The fourth-order valence-corrected chi connectivity index (χ4v) is 3.70. The topological polar surface area (TPSA) is 69.6 Å². The van der Waals surface area contributed by atoms with Gasteiger partial charge in [-0.15, -0.1) is 0 Å². The lowest BCUT2D eigenvalue weighted by molar-refractivity contribution is 0.238. The summed E-state index contributed by atoms with van der Waals surface area (Å²) in [6.07, 6.45) is 9.22. The minimum Gasteiger partial charge on any atom is -0.328 e. The molecule has 2 aliphatic rings. The maximum Gasteiger partial charge on any atom is 0.148 e. The highest BCUT2D eigenvalue weighted by Gasteiger charge is 2.37. The van der Waals surface area contributed by atoms with Crippen molar-refractivity contribution in [1.82, 2.24) is 19.5 Å². The van der Waals surface area contributed by atoms with Crippen LogP contribution in [0.5, 0.6) is 0 Å². The summed E-state index contributed by atoms with van der Waals surface area (Å²) in [4.78, 5) is 13.8. The fraction of sp³-hybridized carbons (Fsp3) is 0.389. The molecule has 1 fully saturated rings. The van der Waals surface area contributed by atoms with E-state index in [9.17, 15) is 0 Å². The number of hydrogen-bond acceptors (Lipinski definition) is 4. The van der Waals surface area contributed by atoms with Crippen LogP contribution < -0.4 is 5.73 Å². The van der Waals surface area contributed by atoms with Gasteiger partial charge in [-0.25, -0.2) is 15.0 Å². The van der Waals surface area contributed by atoms with Crippen LogP contribution in [-0.4, -0.2) is 19.5 Å². The molecule has 0 bridgehead atoms. The predicted octanol–water partition coefficient (Wildman–Crippen LogP) is 2.78. The first-order chi connectivity index (χ1) is 11.2. The molecule has 2 aromatic heterocycles. The number of fused-ring (bicyclic) bond motifs is 3. The first-order valence-electron chi connectivity index (χ1n) is 8.34. The van der Waals surface area contributed by atoms with Crippen molar-refractivity contribution in [2.45, 2.75) is 44.2 Å². The smallest absolute Gasteiger partial charge is 0.148 e. The van der Waals surface area contributed by atoms with Gasteiger partial charge in [0.05, 0.1) is 16.6 Å². The summed E-state index contributed by atoms with van der Waals surface area (Å²) in [6, 6.07) is 6.41. The molecule has 1 aliphatic heterocycles. The first kappa shape index (κ1) is 13.2. The van der Waals surface area contributed by atoms with E-state index in [1.165, 1.54) is 24.2 Å². The highest BCUT2D eigenvalue weighted by molar-refractivity contribution is 5.82. The third-order valence-corrected chi connectivity index (χ3v) is 5.29. The Morgan fingerprint density at radius 2 is 1.87 bits per heavy atom. The summed E-state index contributed by atoms with van der Waals surface area (Å²) in [5.41, 5.74) is 10.5. The number of aromatic nitrogens is 4. The van der Waals surface area contributed by atoms with Gasteiger partial charge in [-0.1, -0.05) is 6.07 Å². The molecule has 3 aromatic rings. The molecule has 23 heavy (non-hydrogen) atoms. The number of aryl methyl sites for hydroxylation is 2. The molecule has 0 amide bonds. The van der Waals surface area contributed by atoms with Gasteiger partial charge in [0.25, 0.3) is 0 Å². The maximum atomic E-state index is 6.30. The van der Waals surface area contributed by atoms with Gasteiger partial charge in [-0.05, 0) is 43.4 Å². The van der Waals surface area contributed by atoms with E-state index >= 15 is 0 Å². The Morgan fingerprint density at radius 1 is 1.04 bits per heavy atom. The van der Waals surface area contributed by atoms with Gasteiger partial charge in [0.1, 0.15) is 11.6 Å². The van der Waals surface area contributed by atoms with Crippen molar-refractivity contribution in [2.75, 3.05) is 0 Å². The van der Waals surface area contributed by atoms with Gasteiger partial charge in [0.15, 0.2) is 0 Å². The Balaban J connectivity index is 1.55. The second-order valence-corrected chi connectivity index (χ2v) is 6.79. The minimum atomic E-state index is -0.297. The summed E-state index contributed by atoms with van der Waals surface area (Å²) >= 11 is 0. The minimum absolute atomic E-state index is 0.297. The van der Waals surface area contributed by atoms with Crippen molar-refractivity contribution in [3.05, 3.63) is 42.2 Å². The molecular weight excluding hydrogens is 286 g/mol. The molecule has 1 aromatic carbocycles. The highest BCUT2D eigenvalue weighted by atomic mass is 15.1. The van der Waals surface area contributed by atoms with Crippen LogP contribution in [0.2, 0.25) is 0 Å². The average molecular weight is 305 g/mol. The van der Waals surface area contributed by atoms with Crippen LogP contribution in [0.15, 0.2) is 30.6 Å². The van der Waals surface area contributed by atoms with E-state index in [2.05, 4.69) is 32.7 Å². The number of nitrogens with zero attached hydrogens (tertiary/aromatic N) is 4. The zero-order valence-corrected chi connectivity index (χ0v) is 13.0. The fourth-order valence-electron chi connectivity index (χ4n) is 3.70. The third-order valence-electron chi connectivity index (χ3n) is 5.29. The van der Waals surface area contributed by atoms with Gasteiger partial charge in [-0.2, -0.15) is 0 Å². The highest BCUT2D eigenvalue weighted by Crippen LogP contribution is 2.37. The Labute approximate surface area is 134 Å². The Hall–Kier alpha value is -2.27. The van der Waals surface area contributed by atoms with Crippen molar-refractivity contribution in [2.24, 2.45) is 5.73 Å². The van der Waals surface area contributed by atoms with Gasteiger partial charge >= 0.3 is 0 Å². The maximum absolute atomic E-state index is 6.30. The van der Waals surface area contributed by atoms with Crippen LogP contribution in [0, 0.1) is 0 Å². The number of nitrogens with two attached hydrogens (primary N) is 1. The second-order valence-electron chi connectivity index (χ2n) is 6.79. The molecule has 5 rings (SSSR count). The van der Waals surface area contributed by atoms with Crippen molar-refractivity contribution < 1.29 is 0 Å². The molecule has 0 unspecified atom stereocenters. The van der Waals surface area contributed by atoms with Crippen LogP contribution in [0.4, 0.5) is 0 Å². The summed E-state index contributed by atoms with van der Waals surface area (Å²) < 4.78 is 2.33. The summed E-state index contributed by atoms with van der Waals surface area (Å²) in [5, 5.41) is 0. The van der Waals surface area contributed by atoms with Gasteiger partial charge in [0, 0.05) is 30.9 Å². The molecule has 2 N–H and O–H groups in total. The molecule has 3 heterocycles. The average Bonchev–Trinajstić information content (AvgIpc) is 3.13. The first-order valence-corrected chi connectivity index (χ1v) is 8.34. The quantitative estimate of drug-likeness (QED) is 0.790. The van der Waals surface area contributed by atoms with E-state index in [0.29, 0.717) is 0 Å². The van der Waals surface area contributed by atoms with Crippen LogP contribution in [0.1, 0.15) is 37.3 Å². The van der Waals surface area contributed by atoms with Crippen LogP contribution in [-0.2, 0) is 18.5 Å². The molecule has 5 nitrogen and oxygen atoms in total. The summed E-state index contributed by atoms with van der Waals surface area (Å²) in [5.74, 6) is 1.98. The molecule has 116 valence electrons. The molecule has 1 aliphatic carbocycles. The van der Waals surface area contributed by atoms with Crippen molar-refractivity contribution >= 4 is 11.0 Å². The van der Waals surface area contributed by atoms with E-state index < -0.39 is 0 Å². The zero-order valence-electron chi connectivity index (χ0n) is 13.0. The molecule has 0 saturated heterocycles. The SMILES string of the molecule is NC1(c2ncc(-c3ccc4nc5n(c4c3)CCC5)cn2)CCC1. The second kappa shape index (κ2) is 4.61. The van der Waals surface area contributed by atoms with Gasteiger partial charge < -0.3 is 10.3 Å². The van der Waals surface area contributed by atoms with E-state index in [0.717, 1.165) is 48.3 Å². The molecule has 0 spiro atoms. The van der Waals surface area contributed by atoms with E-state index in [-0.39, 0.29) is 5.54 Å². The van der Waals surface area contributed by atoms with Crippen molar-refractivity contribution in [3.63, 3.8) is 0 Å². The molecule has 1 saturated carbocycles. The Kier molecular flexibility index (Phi) is 2.65. The monoisotopic (exact) mass is 305 g/mol. The van der Waals surface area contributed by atoms with Crippen LogP contribution >= 0.6 is 0 Å². The lowest BCUT2D eigenvalue weighted by atomic mass is 9.77. The Morgan fingerprint density at radius 3 is 2.61 bits per heavy atom. The molecular formula is C18H19N5. The van der Waals surface area contributed by atoms with E-state index in [4.69, 9.17) is 10.7 Å². The standard InChI is InChI=1S/C18H19N5/c19-18(6-2-7-18)17-20-10-13(11-21-17)12-4-5-14-15(9-12)23-8-1-3-16(23)22-14/h4-5,9-11H,1-3,6-8,19H2. The lowest BCUT2D eigenvalue weighted by Gasteiger charge is -2.36. The lowest BCUT2D eigenvalue weighted by Crippen LogP contribution is -2.44. The number of hydrogen-bond donors (Lipinski definition) is 1. The van der Waals surface area contributed by atoms with E-state index in [1.54, 1.807) is 0 Å². The molecule has 5 heteroatoms. The van der Waals surface area contributed by atoms with Gasteiger partial charge in [0.2, 0.25) is 0 Å². The van der Waals surface area contributed by atoms with Gasteiger partial charge in [-0.3, -0.25) is 0 Å². The number of rotatable bonds is 2.